The van der Waals surface area contributed by atoms with E-state index in [4.69, 9.17) is 4.74 Å². The van der Waals surface area contributed by atoms with Crippen LogP contribution in [0.5, 0.6) is 5.75 Å². The van der Waals surface area contributed by atoms with Gasteiger partial charge in [-0.05, 0) is 36.6 Å². The van der Waals surface area contributed by atoms with E-state index in [9.17, 15) is 0 Å². The van der Waals surface area contributed by atoms with E-state index in [0.29, 0.717) is 12.5 Å². The molecule has 0 radical (unpaired) electrons. The predicted molar refractivity (Wildman–Crippen MR) is 95.1 cm³/mol. The maximum Gasteiger partial charge on any atom is 0.121 e. The van der Waals surface area contributed by atoms with Gasteiger partial charge in [0.05, 0.1) is 6.61 Å². The summed E-state index contributed by atoms with van der Waals surface area (Å²) in [6.07, 6.45) is 0. The highest BCUT2D eigenvalue weighted by Crippen LogP contribution is 2.23. The Labute approximate surface area is 133 Å². The van der Waals surface area contributed by atoms with Crippen LogP contribution < -0.4 is 15.4 Å². The average Bonchev–Trinajstić information content (AvgIpc) is 2.52. The molecular formula is C19H26N2O. The van der Waals surface area contributed by atoms with E-state index in [1.54, 1.807) is 0 Å². The second kappa shape index (κ2) is 8.32. The van der Waals surface area contributed by atoms with Crippen LogP contribution >= 0.6 is 0 Å². The monoisotopic (exact) mass is 298 g/mol. The summed E-state index contributed by atoms with van der Waals surface area (Å²) in [5.41, 5.74) is 3.67. The first-order chi connectivity index (χ1) is 10.7. The fraction of sp³-hybridized carbons (Fsp3) is 0.368. The fourth-order valence-electron chi connectivity index (χ4n) is 2.43. The standard InChI is InChI=1S/C19H26N2O/c1-4-22-17-9-7-8-16(14-17)20-12-13-21-19-11-6-5-10-18(19)15(2)3/h5-11,14-15,20-21H,4,12-13H2,1-3H3. The SMILES string of the molecule is CCOc1cccc(NCCNc2ccccc2C(C)C)c1. The number of benzene rings is 2. The molecule has 0 aromatic heterocycles. The summed E-state index contributed by atoms with van der Waals surface area (Å²) in [6.45, 7) is 8.87. The second-order valence-electron chi connectivity index (χ2n) is 5.56. The first-order valence-corrected chi connectivity index (χ1v) is 8.00. The van der Waals surface area contributed by atoms with E-state index in [1.807, 2.05) is 25.1 Å². The summed E-state index contributed by atoms with van der Waals surface area (Å²) < 4.78 is 5.51. The Morgan fingerprint density at radius 2 is 1.73 bits per heavy atom. The molecule has 0 aliphatic heterocycles. The third-order valence-corrected chi connectivity index (χ3v) is 3.50. The Bertz CT molecular complexity index is 581. The molecule has 0 aliphatic rings. The lowest BCUT2D eigenvalue weighted by atomic mass is 10.0. The first kappa shape index (κ1) is 16.2. The molecular weight excluding hydrogens is 272 g/mol. The molecule has 2 aromatic rings. The molecule has 22 heavy (non-hydrogen) atoms. The van der Waals surface area contributed by atoms with E-state index in [2.05, 4.69) is 54.8 Å². The van der Waals surface area contributed by atoms with Crippen LogP contribution in [0.4, 0.5) is 11.4 Å². The molecule has 0 amide bonds. The summed E-state index contributed by atoms with van der Waals surface area (Å²) in [6, 6.07) is 16.6. The third kappa shape index (κ3) is 4.69. The summed E-state index contributed by atoms with van der Waals surface area (Å²) in [5, 5.41) is 6.93. The van der Waals surface area contributed by atoms with Crippen molar-refractivity contribution in [3.05, 3.63) is 54.1 Å². The lowest BCUT2D eigenvalue weighted by molar-refractivity contribution is 0.340. The van der Waals surface area contributed by atoms with Crippen molar-refractivity contribution >= 4 is 11.4 Å². The first-order valence-electron chi connectivity index (χ1n) is 8.00. The minimum atomic E-state index is 0.527. The minimum Gasteiger partial charge on any atom is -0.494 e. The smallest absolute Gasteiger partial charge is 0.121 e. The molecule has 2 aromatic carbocycles. The molecule has 0 spiro atoms. The number of anilines is 2. The number of ether oxygens (including phenoxy) is 1. The molecule has 0 unspecified atom stereocenters. The van der Waals surface area contributed by atoms with E-state index < -0.39 is 0 Å². The zero-order chi connectivity index (χ0) is 15.8. The average molecular weight is 298 g/mol. The van der Waals surface area contributed by atoms with Crippen molar-refractivity contribution in [3.8, 4) is 5.75 Å². The maximum atomic E-state index is 5.51. The Kier molecular flexibility index (Phi) is 6.13. The number of para-hydroxylation sites is 1. The van der Waals surface area contributed by atoms with Gasteiger partial charge in [0.1, 0.15) is 5.75 Å². The van der Waals surface area contributed by atoms with Crippen molar-refractivity contribution in [3.63, 3.8) is 0 Å². The van der Waals surface area contributed by atoms with Crippen LogP contribution in [0.2, 0.25) is 0 Å². The Balaban J connectivity index is 1.83. The Morgan fingerprint density at radius 3 is 2.50 bits per heavy atom. The summed E-state index contributed by atoms with van der Waals surface area (Å²) >= 11 is 0. The Morgan fingerprint density at radius 1 is 0.955 bits per heavy atom. The molecule has 0 aliphatic carbocycles. The zero-order valence-electron chi connectivity index (χ0n) is 13.7. The quantitative estimate of drug-likeness (QED) is 0.691. The lowest BCUT2D eigenvalue weighted by Crippen LogP contribution is -2.14. The van der Waals surface area contributed by atoms with Gasteiger partial charge in [0, 0.05) is 30.5 Å². The molecule has 0 saturated carbocycles. The van der Waals surface area contributed by atoms with E-state index in [0.717, 1.165) is 24.5 Å². The van der Waals surface area contributed by atoms with E-state index >= 15 is 0 Å². The molecule has 0 saturated heterocycles. The van der Waals surface area contributed by atoms with Crippen molar-refractivity contribution in [2.45, 2.75) is 26.7 Å². The van der Waals surface area contributed by atoms with Crippen LogP contribution in [0, 0.1) is 0 Å². The van der Waals surface area contributed by atoms with Gasteiger partial charge in [-0.25, -0.2) is 0 Å². The predicted octanol–water partition coefficient (Wildman–Crippen LogP) is 4.73. The van der Waals surface area contributed by atoms with Gasteiger partial charge in [0.2, 0.25) is 0 Å². The van der Waals surface area contributed by atoms with Crippen LogP contribution in [-0.2, 0) is 0 Å². The van der Waals surface area contributed by atoms with Gasteiger partial charge >= 0.3 is 0 Å². The molecule has 2 rings (SSSR count). The van der Waals surface area contributed by atoms with Gasteiger partial charge in [-0.1, -0.05) is 38.1 Å². The van der Waals surface area contributed by atoms with Gasteiger partial charge in [0.25, 0.3) is 0 Å². The van der Waals surface area contributed by atoms with Crippen molar-refractivity contribution in [1.29, 1.82) is 0 Å². The maximum absolute atomic E-state index is 5.51. The van der Waals surface area contributed by atoms with Crippen molar-refractivity contribution < 1.29 is 4.74 Å². The molecule has 0 heterocycles. The molecule has 0 atom stereocenters. The molecule has 2 N–H and O–H groups in total. The van der Waals surface area contributed by atoms with Crippen LogP contribution in [0.25, 0.3) is 0 Å². The second-order valence-corrected chi connectivity index (χ2v) is 5.56. The number of hydrogen-bond donors (Lipinski definition) is 2. The summed E-state index contributed by atoms with van der Waals surface area (Å²) in [7, 11) is 0. The van der Waals surface area contributed by atoms with Crippen molar-refractivity contribution in [1.82, 2.24) is 0 Å². The van der Waals surface area contributed by atoms with Crippen molar-refractivity contribution in [2.75, 3.05) is 30.3 Å². The Hall–Kier alpha value is -2.16. The van der Waals surface area contributed by atoms with Gasteiger partial charge in [-0.15, -0.1) is 0 Å². The number of rotatable bonds is 8. The van der Waals surface area contributed by atoms with Crippen molar-refractivity contribution in [2.24, 2.45) is 0 Å². The fourth-order valence-corrected chi connectivity index (χ4v) is 2.43. The zero-order valence-corrected chi connectivity index (χ0v) is 13.7. The highest BCUT2D eigenvalue weighted by molar-refractivity contribution is 5.53. The van der Waals surface area contributed by atoms with Gasteiger partial charge < -0.3 is 15.4 Å². The minimum absolute atomic E-state index is 0.527. The third-order valence-electron chi connectivity index (χ3n) is 3.50. The molecule has 118 valence electrons. The van der Waals surface area contributed by atoms with Crippen LogP contribution in [0.15, 0.2) is 48.5 Å². The largest absolute Gasteiger partial charge is 0.494 e. The van der Waals surface area contributed by atoms with Crippen LogP contribution in [0.1, 0.15) is 32.3 Å². The van der Waals surface area contributed by atoms with Gasteiger partial charge in [-0.3, -0.25) is 0 Å². The molecule has 3 heteroatoms. The van der Waals surface area contributed by atoms with E-state index in [1.165, 1.54) is 11.3 Å². The molecule has 3 nitrogen and oxygen atoms in total. The van der Waals surface area contributed by atoms with Gasteiger partial charge in [-0.2, -0.15) is 0 Å². The molecule has 0 bridgehead atoms. The summed E-state index contributed by atoms with van der Waals surface area (Å²) in [5.74, 6) is 1.44. The topological polar surface area (TPSA) is 33.3 Å². The lowest BCUT2D eigenvalue weighted by Gasteiger charge is -2.15. The highest BCUT2D eigenvalue weighted by atomic mass is 16.5. The van der Waals surface area contributed by atoms with Gasteiger partial charge in [0.15, 0.2) is 0 Å². The van der Waals surface area contributed by atoms with Crippen LogP contribution in [-0.4, -0.2) is 19.7 Å². The van der Waals surface area contributed by atoms with E-state index in [-0.39, 0.29) is 0 Å². The normalized spacial score (nSPS) is 10.5. The highest BCUT2D eigenvalue weighted by Gasteiger charge is 2.04. The number of hydrogen-bond acceptors (Lipinski definition) is 3. The van der Waals surface area contributed by atoms with Crippen LogP contribution in [0.3, 0.4) is 0 Å². The number of nitrogens with one attached hydrogen (secondary N) is 2. The summed E-state index contributed by atoms with van der Waals surface area (Å²) in [4.78, 5) is 0. The molecule has 0 fully saturated rings.